The second-order valence-electron chi connectivity index (χ2n) is 7.57. The SMILES string of the molecule is O=C(C[NH+]1CCN(c2ccccc2)CC1)NC(c1ccccc1)c1ccccc1. The average molecular weight is 387 g/mol. The van der Waals surface area contributed by atoms with Crippen molar-refractivity contribution < 1.29 is 9.69 Å². The Balaban J connectivity index is 1.37. The van der Waals surface area contributed by atoms with E-state index >= 15 is 0 Å². The molecule has 1 fully saturated rings. The van der Waals surface area contributed by atoms with Crippen LogP contribution < -0.4 is 15.1 Å². The minimum atomic E-state index is -0.116. The fraction of sp³-hybridized carbons (Fsp3) is 0.240. The normalized spacial score (nSPS) is 14.7. The lowest BCUT2D eigenvalue weighted by Gasteiger charge is -2.33. The highest BCUT2D eigenvalue weighted by Gasteiger charge is 2.24. The average Bonchev–Trinajstić information content (AvgIpc) is 2.80. The zero-order valence-electron chi connectivity index (χ0n) is 16.6. The Labute approximate surface area is 172 Å². The molecular weight excluding hydrogens is 358 g/mol. The van der Waals surface area contributed by atoms with Crippen LogP contribution in [0.4, 0.5) is 5.69 Å². The van der Waals surface area contributed by atoms with E-state index in [1.54, 1.807) is 0 Å². The number of hydrogen-bond donors (Lipinski definition) is 2. The van der Waals surface area contributed by atoms with Crippen LogP contribution in [0.1, 0.15) is 17.2 Å². The molecule has 0 aromatic heterocycles. The number of piperazine rings is 1. The molecule has 3 aromatic rings. The van der Waals surface area contributed by atoms with Crippen LogP contribution in [0.2, 0.25) is 0 Å². The molecule has 29 heavy (non-hydrogen) atoms. The van der Waals surface area contributed by atoms with Crippen LogP contribution in [0.15, 0.2) is 91.0 Å². The van der Waals surface area contributed by atoms with E-state index in [9.17, 15) is 4.79 Å². The number of benzene rings is 3. The van der Waals surface area contributed by atoms with E-state index in [1.165, 1.54) is 10.6 Å². The molecule has 1 saturated heterocycles. The van der Waals surface area contributed by atoms with Crippen LogP contribution >= 0.6 is 0 Å². The molecule has 1 amide bonds. The molecule has 4 rings (SSSR count). The zero-order chi connectivity index (χ0) is 19.9. The Morgan fingerprint density at radius 1 is 0.793 bits per heavy atom. The number of carbonyl (C=O) groups is 1. The second kappa shape index (κ2) is 9.39. The third-order valence-electron chi connectivity index (χ3n) is 5.57. The predicted octanol–water partition coefficient (Wildman–Crippen LogP) is 2.30. The van der Waals surface area contributed by atoms with Gasteiger partial charge in [-0.1, -0.05) is 78.9 Å². The molecule has 1 aliphatic heterocycles. The fourth-order valence-electron chi connectivity index (χ4n) is 3.99. The van der Waals surface area contributed by atoms with Crippen molar-refractivity contribution >= 4 is 11.6 Å². The standard InChI is InChI=1S/C25H27N3O/c29-24(20-27-16-18-28(19-17-27)23-14-8-3-9-15-23)26-25(21-10-4-1-5-11-21)22-12-6-2-7-13-22/h1-15,25H,16-20H2,(H,26,29)/p+1. The molecule has 2 N–H and O–H groups in total. The maximum Gasteiger partial charge on any atom is 0.275 e. The Bertz CT molecular complexity index is 852. The molecule has 0 unspecified atom stereocenters. The summed E-state index contributed by atoms with van der Waals surface area (Å²) in [5, 5.41) is 3.27. The highest BCUT2D eigenvalue weighted by molar-refractivity contribution is 5.78. The number of amides is 1. The number of anilines is 1. The van der Waals surface area contributed by atoms with Gasteiger partial charge in [-0.15, -0.1) is 0 Å². The minimum absolute atomic E-state index is 0.103. The van der Waals surface area contributed by atoms with Crippen LogP contribution in [0.3, 0.4) is 0 Å². The lowest BCUT2D eigenvalue weighted by molar-refractivity contribution is -0.892. The molecule has 0 saturated carbocycles. The molecule has 4 heteroatoms. The predicted molar refractivity (Wildman–Crippen MR) is 117 cm³/mol. The van der Waals surface area contributed by atoms with Crippen molar-refractivity contribution in [2.75, 3.05) is 37.6 Å². The number of nitrogens with one attached hydrogen (secondary N) is 2. The summed E-state index contributed by atoms with van der Waals surface area (Å²) in [6, 6.07) is 30.8. The topological polar surface area (TPSA) is 36.8 Å². The third-order valence-corrected chi connectivity index (χ3v) is 5.57. The van der Waals surface area contributed by atoms with Gasteiger partial charge in [0.1, 0.15) is 0 Å². The van der Waals surface area contributed by atoms with Gasteiger partial charge >= 0.3 is 0 Å². The summed E-state index contributed by atoms with van der Waals surface area (Å²) in [5.74, 6) is 0.103. The monoisotopic (exact) mass is 386 g/mol. The maximum absolute atomic E-state index is 12.9. The summed E-state index contributed by atoms with van der Waals surface area (Å²) in [6.07, 6.45) is 0. The summed E-state index contributed by atoms with van der Waals surface area (Å²) >= 11 is 0. The van der Waals surface area contributed by atoms with E-state index in [0.29, 0.717) is 6.54 Å². The smallest absolute Gasteiger partial charge is 0.275 e. The Hall–Kier alpha value is -3.11. The Morgan fingerprint density at radius 2 is 1.28 bits per heavy atom. The Kier molecular flexibility index (Phi) is 6.22. The Morgan fingerprint density at radius 3 is 1.79 bits per heavy atom. The second-order valence-corrected chi connectivity index (χ2v) is 7.57. The van der Waals surface area contributed by atoms with Crippen molar-refractivity contribution in [2.45, 2.75) is 6.04 Å². The van der Waals surface area contributed by atoms with Crippen molar-refractivity contribution in [1.82, 2.24) is 5.32 Å². The molecule has 148 valence electrons. The largest absolute Gasteiger partial charge is 0.360 e. The van der Waals surface area contributed by atoms with Gasteiger partial charge in [0.25, 0.3) is 5.91 Å². The maximum atomic E-state index is 12.9. The van der Waals surface area contributed by atoms with Crippen molar-refractivity contribution in [3.8, 4) is 0 Å². The molecule has 0 atom stereocenters. The summed E-state index contributed by atoms with van der Waals surface area (Å²) in [6.45, 7) is 4.42. The zero-order valence-corrected chi connectivity index (χ0v) is 16.6. The van der Waals surface area contributed by atoms with Crippen LogP contribution in [-0.2, 0) is 4.79 Å². The first-order valence-corrected chi connectivity index (χ1v) is 10.3. The van der Waals surface area contributed by atoms with Gasteiger partial charge in [0.2, 0.25) is 0 Å². The molecule has 3 aromatic carbocycles. The summed E-state index contributed by atoms with van der Waals surface area (Å²) < 4.78 is 0. The highest BCUT2D eigenvalue weighted by atomic mass is 16.2. The van der Waals surface area contributed by atoms with Gasteiger partial charge in [0, 0.05) is 5.69 Å². The van der Waals surface area contributed by atoms with Crippen LogP contribution in [0.25, 0.3) is 0 Å². The fourth-order valence-corrected chi connectivity index (χ4v) is 3.99. The van der Waals surface area contributed by atoms with Crippen molar-refractivity contribution in [3.63, 3.8) is 0 Å². The van der Waals surface area contributed by atoms with Crippen molar-refractivity contribution in [2.24, 2.45) is 0 Å². The number of rotatable bonds is 6. The molecular formula is C25H28N3O+. The van der Waals surface area contributed by atoms with E-state index in [0.717, 1.165) is 37.3 Å². The van der Waals surface area contributed by atoms with Gasteiger partial charge in [-0.25, -0.2) is 0 Å². The first-order chi connectivity index (χ1) is 14.3. The summed E-state index contributed by atoms with van der Waals surface area (Å²) in [4.78, 5) is 16.6. The highest BCUT2D eigenvalue weighted by Crippen LogP contribution is 2.21. The molecule has 1 heterocycles. The van der Waals surface area contributed by atoms with Crippen molar-refractivity contribution in [1.29, 1.82) is 0 Å². The van der Waals surface area contributed by atoms with Crippen LogP contribution in [-0.4, -0.2) is 38.6 Å². The van der Waals surface area contributed by atoms with E-state index in [4.69, 9.17) is 0 Å². The third kappa shape index (κ3) is 5.04. The van der Waals surface area contributed by atoms with Crippen LogP contribution in [0.5, 0.6) is 0 Å². The molecule has 0 radical (unpaired) electrons. The first-order valence-electron chi connectivity index (χ1n) is 10.3. The number of nitrogens with zero attached hydrogens (tertiary/aromatic N) is 1. The molecule has 0 bridgehead atoms. The van der Waals surface area contributed by atoms with E-state index in [2.05, 4.69) is 58.7 Å². The van der Waals surface area contributed by atoms with Gasteiger partial charge in [0.15, 0.2) is 6.54 Å². The van der Waals surface area contributed by atoms with Crippen molar-refractivity contribution in [3.05, 3.63) is 102 Å². The van der Waals surface area contributed by atoms with E-state index < -0.39 is 0 Å². The summed E-state index contributed by atoms with van der Waals surface area (Å²) in [7, 11) is 0. The van der Waals surface area contributed by atoms with Gasteiger partial charge in [0.05, 0.1) is 32.2 Å². The lowest BCUT2D eigenvalue weighted by Crippen LogP contribution is -3.16. The summed E-state index contributed by atoms with van der Waals surface area (Å²) in [5.41, 5.74) is 3.48. The van der Waals surface area contributed by atoms with Gasteiger partial charge in [-0.2, -0.15) is 0 Å². The van der Waals surface area contributed by atoms with E-state index in [-0.39, 0.29) is 11.9 Å². The van der Waals surface area contributed by atoms with E-state index in [1.807, 2.05) is 42.5 Å². The minimum Gasteiger partial charge on any atom is -0.360 e. The number of hydrogen-bond acceptors (Lipinski definition) is 2. The lowest BCUT2D eigenvalue weighted by atomic mass is 9.99. The molecule has 4 nitrogen and oxygen atoms in total. The molecule has 1 aliphatic rings. The quantitative estimate of drug-likeness (QED) is 0.682. The molecule has 0 spiro atoms. The number of carbonyl (C=O) groups excluding carboxylic acids is 1. The number of para-hydroxylation sites is 1. The van der Waals surface area contributed by atoms with Gasteiger partial charge < -0.3 is 15.1 Å². The molecule has 0 aliphatic carbocycles. The van der Waals surface area contributed by atoms with Gasteiger partial charge in [-0.05, 0) is 23.3 Å². The van der Waals surface area contributed by atoms with Crippen LogP contribution in [0, 0.1) is 0 Å². The van der Waals surface area contributed by atoms with Gasteiger partial charge in [-0.3, -0.25) is 4.79 Å². The first kappa shape index (κ1) is 19.2. The number of quaternary nitrogens is 1.